The molecule has 16 heavy (non-hydrogen) atoms. The number of halogens is 1. The first-order valence-electron chi connectivity index (χ1n) is 5.48. The number of benzene rings is 1. The third kappa shape index (κ3) is 1.42. The highest BCUT2D eigenvalue weighted by Crippen LogP contribution is 2.59. The van der Waals surface area contributed by atoms with Crippen molar-refractivity contribution in [2.45, 2.75) is 25.7 Å². The Morgan fingerprint density at radius 2 is 2.12 bits per heavy atom. The van der Waals surface area contributed by atoms with Gasteiger partial charge in [-0.05, 0) is 24.0 Å². The maximum Gasteiger partial charge on any atom is 0.307 e. The van der Waals surface area contributed by atoms with E-state index < -0.39 is 17.3 Å². The molecule has 86 valence electrons. The molecule has 1 fully saturated rings. The van der Waals surface area contributed by atoms with E-state index in [1.54, 1.807) is 18.2 Å². The lowest BCUT2D eigenvalue weighted by Gasteiger charge is -2.22. The first-order valence-corrected chi connectivity index (χ1v) is 5.48. The van der Waals surface area contributed by atoms with Gasteiger partial charge >= 0.3 is 5.97 Å². The molecule has 0 bridgehead atoms. The Morgan fingerprint density at radius 1 is 1.50 bits per heavy atom. The van der Waals surface area contributed by atoms with E-state index in [0.717, 1.165) is 0 Å². The summed E-state index contributed by atoms with van der Waals surface area (Å²) in [5, 5.41) is 9.07. The highest BCUT2D eigenvalue weighted by Gasteiger charge is 2.62. The van der Waals surface area contributed by atoms with Crippen LogP contribution < -0.4 is 0 Å². The highest BCUT2D eigenvalue weighted by molar-refractivity contribution is 5.77. The number of aliphatic carboxylic acids is 1. The molecule has 1 aromatic carbocycles. The van der Waals surface area contributed by atoms with Crippen molar-refractivity contribution in [1.82, 2.24) is 0 Å². The molecule has 1 aliphatic rings. The molecule has 0 radical (unpaired) electrons. The van der Waals surface area contributed by atoms with E-state index in [1.165, 1.54) is 6.07 Å². The predicted octanol–water partition coefficient (Wildman–Crippen LogP) is 2.82. The summed E-state index contributed by atoms with van der Waals surface area (Å²) in [7, 11) is 0. The molecule has 2 rings (SSSR count). The van der Waals surface area contributed by atoms with Crippen molar-refractivity contribution >= 4 is 5.97 Å². The third-order valence-electron chi connectivity index (χ3n) is 3.71. The summed E-state index contributed by atoms with van der Waals surface area (Å²) in [6, 6.07) is 6.50. The zero-order chi connectivity index (χ0) is 11.9. The molecule has 1 N–H and O–H groups in total. The van der Waals surface area contributed by atoms with Crippen LogP contribution in [0.4, 0.5) is 4.39 Å². The van der Waals surface area contributed by atoms with E-state index in [9.17, 15) is 9.18 Å². The molecular formula is C13H15FO2. The molecule has 3 heteroatoms. The van der Waals surface area contributed by atoms with Gasteiger partial charge in [-0.1, -0.05) is 32.0 Å². The van der Waals surface area contributed by atoms with Crippen LogP contribution >= 0.6 is 0 Å². The van der Waals surface area contributed by atoms with Gasteiger partial charge in [0.2, 0.25) is 0 Å². The summed E-state index contributed by atoms with van der Waals surface area (Å²) in [4.78, 5) is 11.0. The van der Waals surface area contributed by atoms with Gasteiger partial charge in [-0.3, -0.25) is 4.79 Å². The van der Waals surface area contributed by atoms with Crippen LogP contribution in [-0.4, -0.2) is 11.1 Å². The van der Waals surface area contributed by atoms with E-state index in [0.29, 0.717) is 12.0 Å². The number of carboxylic acid groups (broad SMARTS) is 1. The fourth-order valence-corrected chi connectivity index (χ4v) is 2.67. The van der Waals surface area contributed by atoms with E-state index in [-0.39, 0.29) is 11.7 Å². The Kier molecular flexibility index (Phi) is 2.49. The van der Waals surface area contributed by atoms with Crippen molar-refractivity contribution in [3.05, 3.63) is 35.6 Å². The van der Waals surface area contributed by atoms with Gasteiger partial charge in [-0.25, -0.2) is 4.39 Å². The lowest BCUT2D eigenvalue weighted by molar-refractivity contribution is -0.139. The minimum Gasteiger partial charge on any atom is -0.481 e. The lowest BCUT2D eigenvalue weighted by atomic mass is 9.82. The zero-order valence-corrected chi connectivity index (χ0v) is 9.40. The van der Waals surface area contributed by atoms with Crippen molar-refractivity contribution in [2.75, 3.05) is 0 Å². The molecule has 0 spiro atoms. The summed E-state index contributed by atoms with van der Waals surface area (Å²) in [6.07, 6.45) is 0.543. The standard InChI is InChI=1S/C13H15FO2/c1-8(2)13(7-10(13)12(15)16)9-5-3-4-6-11(9)14/h3-6,8,10H,7H2,1-2H3,(H,15,16)/t10-,13?/m0/s1. The number of carboxylic acids is 1. The third-order valence-corrected chi connectivity index (χ3v) is 3.71. The monoisotopic (exact) mass is 222 g/mol. The number of carbonyl (C=O) groups is 1. The van der Waals surface area contributed by atoms with Gasteiger partial charge in [0.1, 0.15) is 5.82 Å². The Labute approximate surface area is 94.1 Å². The molecule has 1 aliphatic carbocycles. The Balaban J connectivity index is 2.45. The van der Waals surface area contributed by atoms with Crippen molar-refractivity contribution in [1.29, 1.82) is 0 Å². The lowest BCUT2D eigenvalue weighted by Crippen LogP contribution is -2.22. The topological polar surface area (TPSA) is 37.3 Å². The maximum absolute atomic E-state index is 13.7. The van der Waals surface area contributed by atoms with Crippen LogP contribution in [0.3, 0.4) is 0 Å². The second-order valence-corrected chi connectivity index (χ2v) is 4.77. The summed E-state index contributed by atoms with van der Waals surface area (Å²) >= 11 is 0. The molecule has 0 aliphatic heterocycles. The van der Waals surface area contributed by atoms with Crippen LogP contribution in [0.5, 0.6) is 0 Å². The molecule has 0 amide bonds. The first-order chi connectivity index (χ1) is 7.50. The van der Waals surface area contributed by atoms with E-state index in [2.05, 4.69) is 0 Å². The van der Waals surface area contributed by atoms with Gasteiger partial charge in [0.25, 0.3) is 0 Å². The van der Waals surface area contributed by atoms with E-state index >= 15 is 0 Å². The quantitative estimate of drug-likeness (QED) is 0.853. The average Bonchev–Trinajstić information content (AvgIpc) is 2.94. The SMILES string of the molecule is CC(C)C1(c2ccccc2F)C[C@H]1C(=O)O. The van der Waals surface area contributed by atoms with E-state index in [1.807, 2.05) is 13.8 Å². The number of hydrogen-bond donors (Lipinski definition) is 1. The minimum absolute atomic E-state index is 0.130. The number of rotatable bonds is 3. The highest BCUT2D eigenvalue weighted by atomic mass is 19.1. The van der Waals surface area contributed by atoms with Crippen molar-refractivity contribution < 1.29 is 14.3 Å². The van der Waals surface area contributed by atoms with Crippen LogP contribution in [0, 0.1) is 17.7 Å². The maximum atomic E-state index is 13.7. The molecule has 0 heterocycles. The van der Waals surface area contributed by atoms with Crippen molar-refractivity contribution in [3.63, 3.8) is 0 Å². The molecule has 1 saturated carbocycles. The zero-order valence-electron chi connectivity index (χ0n) is 9.40. The largest absolute Gasteiger partial charge is 0.481 e. The Morgan fingerprint density at radius 3 is 2.56 bits per heavy atom. The average molecular weight is 222 g/mol. The normalized spacial score (nSPS) is 28.1. The van der Waals surface area contributed by atoms with Crippen LogP contribution in [0.2, 0.25) is 0 Å². The summed E-state index contributed by atoms with van der Waals surface area (Å²) in [5.41, 5.74) is 0.0503. The second kappa shape index (κ2) is 3.58. The molecule has 1 aromatic rings. The fraction of sp³-hybridized carbons (Fsp3) is 0.462. The smallest absolute Gasteiger partial charge is 0.307 e. The second-order valence-electron chi connectivity index (χ2n) is 4.77. The van der Waals surface area contributed by atoms with Crippen LogP contribution in [0.15, 0.2) is 24.3 Å². The van der Waals surface area contributed by atoms with Gasteiger partial charge in [0.15, 0.2) is 0 Å². The number of hydrogen-bond acceptors (Lipinski definition) is 1. The van der Waals surface area contributed by atoms with Gasteiger partial charge in [-0.15, -0.1) is 0 Å². The van der Waals surface area contributed by atoms with Crippen LogP contribution in [0.25, 0.3) is 0 Å². The molecule has 2 atom stereocenters. The van der Waals surface area contributed by atoms with E-state index in [4.69, 9.17) is 5.11 Å². The molecule has 1 unspecified atom stereocenters. The Bertz CT molecular complexity index is 428. The van der Waals surface area contributed by atoms with Crippen LogP contribution in [-0.2, 0) is 10.2 Å². The van der Waals surface area contributed by atoms with Crippen molar-refractivity contribution in [3.8, 4) is 0 Å². The molecule has 0 saturated heterocycles. The van der Waals surface area contributed by atoms with Gasteiger partial charge < -0.3 is 5.11 Å². The predicted molar refractivity (Wildman–Crippen MR) is 58.7 cm³/mol. The van der Waals surface area contributed by atoms with Gasteiger partial charge in [-0.2, -0.15) is 0 Å². The molecule has 2 nitrogen and oxygen atoms in total. The van der Waals surface area contributed by atoms with Gasteiger partial charge in [0, 0.05) is 5.41 Å². The van der Waals surface area contributed by atoms with Gasteiger partial charge in [0.05, 0.1) is 5.92 Å². The molecular weight excluding hydrogens is 207 g/mol. The summed E-state index contributed by atoms with van der Waals surface area (Å²) in [6.45, 7) is 3.91. The van der Waals surface area contributed by atoms with Crippen molar-refractivity contribution in [2.24, 2.45) is 11.8 Å². The van der Waals surface area contributed by atoms with Crippen LogP contribution in [0.1, 0.15) is 25.8 Å². The summed E-state index contributed by atoms with van der Waals surface area (Å²) in [5.74, 6) is -1.42. The Hall–Kier alpha value is -1.38. The minimum atomic E-state index is -0.822. The fourth-order valence-electron chi connectivity index (χ4n) is 2.67. The summed E-state index contributed by atoms with van der Waals surface area (Å²) < 4.78 is 13.7. The first kappa shape index (κ1) is 11.1. The molecule has 0 aromatic heterocycles.